The van der Waals surface area contributed by atoms with E-state index in [9.17, 15) is 5.11 Å². The molecule has 4 heteroatoms. The van der Waals surface area contributed by atoms with Crippen molar-refractivity contribution in [2.24, 2.45) is 0 Å². The number of nitrogens with zero attached hydrogens (tertiary/aromatic N) is 1. The summed E-state index contributed by atoms with van der Waals surface area (Å²) < 4.78 is 0. The molecule has 21 heavy (non-hydrogen) atoms. The molecule has 1 atom stereocenters. The van der Waals surface area contributed by atoms with Crippen LogP contribution in [0, 0.1) is 0 Å². The van der Waals surface area contributed by atoms with Crippen LogP contribution in [-0.4, -0.2) is 42.8 Å². The Labute approximate surface area is 131 Å². The monoisotopic (exact) mass is 304 g/mol. The summed E-state index contributed by atoms with van der Waals surface area (Å²) >= 11 is 1.80. The minimum absolute atomic E-state index is 0.587. The Kier molecular flexibility index (Phi) is 5.53. The van der Waals surface area contributed by atoms with Crippen molar-refractivity contribution in [3.05, 3.63) is 47.3 Å². The van der Waals surface area contributed by atoms with Gasteiger partial charge in [-0.2, -0.15) is 0 Å². The highest BCUT2D eigenvalue weighted by atomic mass is 32.1. The summed E-state index contributed by atoms with van der Waals surface area (Å²) in [6, 6.07) is 14.7. The molecule has 0 aliphatic heterocycles. The molecule has 0 amide bonds. The Morgan fingerprint density at radius 2 is 1.86 bits per heavy atom. The van der Waals surface area contributed by atoms with E-state index in [2.05, 4.69) is 41.7 Å². The highest BCUT2D eigenvalue weighted by Crippen LogP contribution is 2.27. The second-order valence-electron chi connectivity index (χ2n) is 5.97. The van der Waals surface area contributed by atoms with Crippen LogP contribution in [-0.2, 0) is 6.54 Å². The van der Waals surface area contributed by atoms with E-state index in [0.29, 0.717) is 13.1 Å². The molecule has 1 unspecified atom stereocenters. The van der Waals surface area contributed by atoms with Crippen LogP contribution in [0.1, 0.15) is 11.8 Å². The predicted molar refractivity (Wildman–Crippen MR) is 90.6 cm³/mol. The van der Waals surface area contributed by atoms with Crippen molar-refractivity contribution in [1.29, 1.82) is 0 Å². The van der Waals surface area contributed by atoms with Crippen LogP contribution < -0.4 is 5.32 Å². The van der Waals surface area contributed by atoms with Crippen LogP contribution in [0.15, 0.2) is 42.5 Å². The fourth-order valence-corrected chi connectivity index (χ4v) is 3.41. The maximum Gasteiger partial charge on any atom is 0.0869 e. The average Bonchev–Trinajstić information content (AvgIpc) is 2.87. The smallest absolute Gasteiger partial charge is 0.0869 e. The molecule has 1 aromatic carbocycles. The molecule has 0 fully saturated rings. The maximum atomic E-state index is 10.2. The molecule has 114 valence electrons. The molecule has 1 aromatic heterocycles. The Morgan fingerprint density at radius 3 is 2.52 bits per heavy atom. The number of hydrogen-bond donors (Lipinski definition) is 2. The summed E-state index contributed by atoms with van der Waals surface area (Å²) in [5.41, 5.74) is 0.552. The second-order valence-corrected chi connectivity index (χ2v) is 7.14. The predicted octanol–water partition coefficient (Wildman–Crippen LogP) is 2.82. The third kappa shape index (κ3) is 5.25. The molecular formula is C17H24N2OS. The quantitative estimate of drug-likeness (QED) is 0.825. The number of nitrogens with one attached hydrogen (secondary N) is 1. The lowest BCUT2D eigenvalue weighted by Crippen LogP contribution is -2.45. The van der Waals surface area contributed by atoms with Gasteiger partial charge in [-0.3, -0.25) is 0 Å². The van der Waals surface area contributed by atoms with Crippen LogP contribution in [0.25, 0.3) is 10.4 Å². The molecule has 0 aliphatic rings. The van der Waals surface area contributed by atoms with Crippen LogP contribution in [0.4, 0.5) is 0 Å². The van der Waals surface area contributed by atoms with E-state index in [-0.39, 0.29) is 0 Å². The summed E-state index contributed by atoms with van der Waals surface area (Å²) in [7, 11) is 3.94. The van der Waals surface area contributed by atoms with Gasteiger partial charge in [-0.15, -0.1) is 11.3 Å². The second kappa shape index (κ2) is 7.18. The Bertz CT molecular complexity index is 549. The standard InChI is InChI=1S/C17H24N2OS/c1-17(20,13-19(2)3)12-18-11-15-9-10-16(21-15)14-7-5-4-6-8-14/h4-10,18,20H,11-13H2,1-3H3. The molecule has 2 N–H and O–H groups in total. The van der Waals surface area contributed by atoms with Crippen LogP contribution in [0.3, 0.4) is 0 Å². The molecule has 0 radical (unpaired) electrons. The summed E-state index contributed by atoms with van der Waals surface area (Å²) in [6.45, 7) is 3.90. The Hall–Kier alpha value is -1.20. The molecule has 1 heterocycles. The van der Waals surface area contributed by atoms with Gasteiger partial charge in [-0.05, 0) is 38.7 Å². The van der Waals surface area contributed by atoms with Crippen LogP contribution in [0.5, 0.6) is 0 Å². The molecule has 0 bridgehead atoms. The highest BCUT2D eigenvalue weighted by Gasteiger charge is 2.20. The van der Waals surface area contributed by atoms with Gasteiger partial charge in [0.15, 0.2) is 0 Å². The van der Waals surface area contributed by atoms with E-state index in [0.717, 1.165) is 6.54 Å². The molecule has 0 spiro atoms. The number of benzene rings is 1. The summed E-state index contributed by atoms with van der Waals surface area (Å²) in [5, 5.41) is 13.6. The van der Waals surface area contributed by atoms with Crippen molar-refractivity contribution in [3.63, 3.8) is 0 Å². The van der Waals surface area contributed by atoms with Gasteiger partial charge in [0, 0.05) is 29.4 Å². The van der Waals surface area contributed by atoms with E-state index < -0.39 is 5.60 Å². The Morgan fingerprint density at radius 1 is 1.14 bits per heavy atom. The summed E-state index contributed by atoms with van der Waals surface area (Å²) in [4.78, 5) is 4.57. The lowest BCUT2D eigenvalue weighted by molar-refractivity contribution is 0.0336. The van der Waals surface area contributed by atoms with Crippen molar-refractivity contribution in [1.82, 2.24) is 10.2 Å². The third-order valence-electron chi connectivity index (χ3n) is 3.18. The first-order valence-electron chi connectivity index (χ1n) is 7.18. The van der Waals surface area contributed by atoms with E-state index in [1.165, 1.54) is 15.3 Å². The van der Waals surface area contributed by atoms with Gasteiger partial charge < -0.3 is 15.3 Å². The van der Waals surface area contributed by atoms with E-state index in [1.807, 2.05) is 32.0 Å². The third-order valence-corrected chi connectivity index (χ3v) is 4.32. The van der Waals surface area contributed by atoms with Gasteiger partial charge in [0.25, 0.3) is 0 Å². The number of likely N-dealkylation sites (N-methyl/N-ethyl adjacent to an activating group) is 1. The Balaban J connectivity index is 1.86. The zero-order valence-corrected chi connectivity index (χ0v) is 13.8. The molecule has 2 aromatic rings. The van der Waals surface area contributed by atoms with Gasteiger partial charge in [0.1, 0.15) is 0 Å². The number of thiophene rings is 1. The van der Waals surface area contributed by atoms with Crippen molar-refractivity contribution in [3.8, 4) is 10.4 Å². The number of hydrogen-bond acceptors (Lipinski definition) is 4. The zero-order valence-electron chi connectivity index (χ0n) is 13.0. The van der Waals surface area contributed by atoms with E-state index >= 15 is 0 Å². The van der Waals surface area contributed by atoms with Crippen molar-refractivity contribution < 1.29 is 5.11 Å². The number of rotatable bonds is 7. The normalized spacial score (nSPS) is 14.3. The first kappa shape index (κ1) is 16.2. The molecule has 0 saturated heterocycles. The maximum absolute atomic E-state index is 10.2. The lowest BCUT2D eigenvalue weighted by atomic mass is 10.1. The average molecular weight is 304 g/mol. The number of aliphatic hydroxyl groups is 1. The molecule has 2 rings (SSSR count). The van der Waals surface area contributed by atoms with Gasteiger partial charge in [-0.1, -0.05) is 30.3 Å². The van der Waals surface area contributed by atoms with Crippen LogP contribution in [0.2, 0.25) is 0 Å². The molecule has 3 nitrogen and oxygen atoms in total. The largest absolute Gasteiger partial charge is 0.388 e. The first-order valence-corrected chi connectivity index (χ1v) is 8.00. The lowest BCUT2D eigenvalue weighted by Gasteiger charge is -2.27. The van der Waals surface area contributed by atoms with Gasteiger partial charge in [0.2, 0.25) is 0 Å². The first-order chi connectivity index (χ1) is 9.96. The topological polar surface area (TPSA) is 35.5 Å². The fraction of sp³-hybridized carbons (Fsp3) is 0.412. The summed E-state index contributed by atoms with van der Waals surface area (Å²) in [5.74, 6) is 0. The van der Waals surface area contributed by atoms with Crippen molar-refractivity contribution >= 4 is 11.3 Å². The minimum atomic E-state index is -0.705. The van der Waals surface area contributed by atoms with Gasteiger partial charge in [0.05, 0.1) is 5.60 Å². The zero-order chi connectivity index (χ0) is 15.3. The fourth-order valence-electron chi connectivity index (χ4n) is 2.42. The van der Waals surface area contributed by atoms with E-state index in [1.54, 1.807) is 11.3 Å². The molecule has 0 saturated carbocycles. The van der Waals surface area contributed by atoms with Gasteiger partial charge in [-0.25, -0.2) is 0 Å². The van der Waals surface area contributed by atoms with Crippen LogP contribution >= 0.6 is 11.3 Å². The molecule has 0 aliphatic carbocycles. The van der Waals surface area contributed by atoms with Crippen molar-refractivity contribution in [2.45, 2.75) is 19.1 Å². The van der Waals surface area contributed by atoms with E-state index in [4.69, 9.17) is 0 Å². The highest BCUT2D eigenvalue weighted by molar-refractivity contribution is 7.15. The van der Waals surface area contributed by atoms with Gasteiger partial charge >= 0.3 is 0 Å². The molecular weight excluding hydrogens is 280 g/mol. The SMILES string of the molecule is CN(C)CC(C)(O)CNCc1ccc(-c2ccccc2)s1. The van der Waals surface area contributed by atoms with Crippen molar-refractivity contribution in [2.75, 3.05) is 27.2 Å². The minimum Gasteiger partial charge on any atom is -0.388 e. The summed E-state index contributed by atoms with van der Waals surface area (Å²) in [6.07, 6.45) is 0.